The van der Waals surface area contributed by atoms with Gasteiger partial charge in [0.2, 0.25) is 0 Å². The molecule has 2 heteroatoms. The molecule has 3 fully saturated rings. The summed E-state index contributed by atoms with van der Waals surface area (Å²) in [5, 5.41) is 0. The maximum absolute atomic E-state index is 2.68. The van der Waals surface area contributed by atoms with Crippen LogP contribution in [0.25, 0.3) is 5.57 Å². The first-order valence-corrected chi connectivity index (χ1v) is 13.6. The third kappa shape index (κ3) is 3.35. The maximum Gasteiger partial charge on any atom is 0.0233 e. The molecule has 0 N–H and O–H groups in total. The number of fused-ring (bicyclic) bond motifs is 6. The van der Waals surface area contributed by atoms with Gasteiger partial charge in [-0.25, -0.2) is 0 Å². The van der Waals surface area contributed by atoms with Crippen LogP contribution in [0.5, 0.6) is 0 Å². The highest BCUT2D eigenvalue weighted by Crippen LogP contribution is 2.64. The maximum atomic E-state index is 2.68. The number of rotatable bonds is 2. The summed E-state index contributed by atoms with van der Waals surface area (Å²) >= 11 is 0. The van der Waals surface area contributed by atoms with E-state index in [4.69, 9.17) is 0 Å². The van der Waals surface area contributed by atoms with E-state index >= 15 is 0 Å². The minimum atomic E-state index is 0.406. The van der Waals surface area contributed by atoms with Crippen molar-refractivity contribution in [1.29, 1.82) is 0 Å². The largest absolute Gasteiger partial charge is 0.306 e. The highest BCUT2D eigenvalue weighted by molar-refractivity contribution is 5.73. The van der Waals surface area contributed by atoms with Gasteiger partial charge in [0, 0.05) is 19.1 Å². The van der Waals surface area contributed by atoms with Crippen molar-refractivity contribution in [2.24, 2.45) is 35.0 Å². The van der Waals surface area contributed by atoms with E-state index < -0.39 is 0 Å². The van der Waals surface area contributed by atoms with Crippen LogP contribution in [0.3, 0.4) is 0 Å². The van der Waals surface area contributed by atoms with Crippen molar-refractivity contribution in [3.63, 3.8) is 0 Å². The lowest BCUT2D eigenvalue weighted by Crippen LogP contribution is -2.49. The van der Waals surface area contributed by atoms with Gasteiger partial charge in [0.15, 0.2) is 0 Å². The second-order valence-corrected chi connectivity index (χ2v) is 12.6. The number of allylic oxidation sites excluding steroid dienone is 2. The summed E-state index contributed by atoms with van der Waals surface area (Å²) in [5.41, 5.74) is 6.82. The van der Waals surface area contributed by atoms with Crippen LogP contribution in [-0.4, -0.2) is 43.5 Å². The Kier molecular flexibility index (Phi) is 5.34. The van der Waals surface area contributed by atoms with E-state index in [-0.39, 0.29) is 0 Å². The number of hydrogen-bond donors (Lipinski definition) is 0. The predicted octanol–water partition coefficient (Wildman–Crippen LogP) is 6.25. The predicted molar refractivity (Wildman–Crippen MR) is 134 cm³/mol. The first-order chi connectivity index (χ1) is 15.4. The Hall–Kier alpha value is -1.12. The zero-order valence-corrected chi connectivity index (χ0v) is 20.9. The van der Waals surface area contributed by atoms with Crippen molar-refractivity contribution in [1.82, 2.24) is 9.80 Å². The molecule has 0 aromatic heterocycles. The van der Waals surface area contributed by atoms with Gasteiger partial charge in [-0.3, -0.25) is 0 Å². The highest BCUT2D eigenvalue weighted by atomic mass is 15.1. The van der Waals surface area contributed by atoms with E-state index in [9.17, 15) is 0 Å². The second kappa shape index (κ2) is 7.98. The lowest BCUT2D eigenvalue weighted by atomic mass is 9.49. The van der Waals surface area contributed by atoms with Crippen molar-refractivity contribution < 1.29 is 0 Å². The number of benzene rings is 1. The Morgan fingerprint density at radius 2 is 1.81 bits per heavy atom. The number of hydrogen-bond acceptors (Lipinski definition) is 2. The van der Waals surface area contributed by atoms with Crippen LogP contribution < -0.4 is 0 Å². The molecule has 32 heavy (non-hydrogen) atoms. The van der Waals surface area contributed by atoms with E-state index in [1.165, 1.54) is 64.3 Å². The van der Waals surface area contributed by atoms with Gasteiger partial charge in [-0.05, 0) is 142 Å². The van der Waals surface area contributed by atoms with Crippen molar-refractivity contribution in [2.75, 3.05) is 27.7 Å². The molecule has 0 spiro atoms. The molecule has 0 radical (unpaired) electrons. The minimum absolute atomic E-state index is 0.406. The summed E-state index contributed by atoms with van der Waals surface area (Å²) in [4.78, 5) is 4.98. The average Bonchev–Trinajstić information content (AvgIpc) is 3.15. The third-order valence-electron chi connectivity index (χ3n) is 11.0. The SMILES string of the molecule is CN1CCc2ccc(C3=CCC4C5CCC6CC(N(C)C)CCC6C5CCC34C)cc2C1. The van der Waals surface area contributed by atoms with E-state index in [1.54, 1.807) is 22.3 Å². The first-order valence-electron chi connectivity index (χ1n) is 13.6. The van der Waals surface area contributed by atoms with Crippen molar-refractivity contribution in [3.8, 4) is 0 Å². The summed E-state index contributed by atoms with van der Waals surface area (Å²) < 4.78 is 0. The van der Waals surface area contributed by atoms with Gasteiger partial charge in [-0.2, -0.15) is 0 Å². The Morgan fingerprint density at radius 3 is 2.66 bits per heavy atom. The van der Waals surface area contributed by atoms with Crippen LogP contribution in [-0.2, 0) is 13.0 Å². The summed E-state index contributed by atoms with van der Waals surface area (Å²) in [6.07, 6.45) is 15.5. The van der Waals surface area contributed by atoms with Crippen LogP contribution in [0.1, 0.15) is 75.0 Å². The molecule has 7 atom stereocenters. The Labute approximate surface area is 196 Å². The van der Waals surface area contributed by atoms with E-state index in [0.717, 1.165) is 42.2 Å². The van der Waals surface area contributed by atoms with Crippen molar-refractivity contribution in [2.45, 2.75) is 77.3 Å². The molecular weight excluding hydrogens is 388 g/mol. The van der Waals surface area contributed by atoms with E-state index in [1.807, 2.05) is 0 Å². The molecule has 174 valence electrons. The number of nitrogens with zero attached hydrogens (tertiary/aromatic N) is 2. The number of likely N-dealkylation sites (N-methyl/N-ethyl adjacent to an activating group) is 1. The zero-order valence-electron chi connectivity index (χ0n) is 20.9. The normalized spacial score (nSPS) is 41.5. The molecule has 0 saturated heterocycles. The molecule has 1 aliphatic heterocycles. The molecule has 3 saturated carbocycles. The van der Waals surface area contributed by atoms with Gasteiger partial charge in [-0.15, -0.1) is 0 Å². The molecule has 0 amide bonds. The molecule has 5 aliphatic rings. The second-order valence-electron chi connectivity index (χ2n) is 12.6. The molecule has 4 aliphatic carbocycles. The minimum Gasteiger partial charge on any atom is -0.306 e. The molecule has 2 nitrogen and oxygen atoms in total. The topological polar surface area (TPSA) is 6.48 Å². The van der Waals surface area contributed by atoms with Gasteiger partial charge in [0.1, 0.15) is 0 Å². The summed E-state index contributed by atoms with van der Waals surface area (Å²) in [6.45, 7) is 4.97. The summed E-state index contributed by atoms with van der Waals surface area (Å²) in [6, 6.07) is 8.32. The Balaban J connectivity index is 1.22. The lowest BCUT2D eigenvalue weighted by molar-refractivity contribution is -0.0482. The van der Waals surface area contributed by atoms with Crippen LogP contribution in [0, 0.1) is 35.0 Å². The molecule has 1 aromatic carbocycles. The molecule has 0 bridgehead atoms. The van der Waals surface area contributed by atoms with Crippen LogP contribution in [0.2, 0.25) is 0 Å². The first kappa shape index (κ1) is 21.4. The summed E-state index contributed by atoms with van der Waals surface area (Å²) in [5.74, 6) is 4.91. The molecule has 1 heterocycles. The van der Waals surface area contributed by atoms with Crippen LogP contribution in [0.4, 0.5) is 0 Å². The van der Waals surface area contributed by atoms with Gasteiger partial charge in [-0.1, -0.05) is 25.1 Å². The van der Waals surface area contributed by atoms with Gasteiger partial charge in [0.05, 0.1) is 0 Å². The van der Waals surface area contributed by atoms with Gasteiger partial charge < -0.3 is 9.80 Å². The van der Waals surface area contributed by atoms with Crippen LogP contribution in [0.15, 0.2) is 24.3 Å². The fourth-order valence-electron chi connectivity index (χ4n) is 9.18. The quantitative estimate of drug-likeness (QED) is 0.545. The molecule has 7 unspecified atom stereocenters. The Morgan fingerprint density at radius 1 is 0.969 bits per heavy atom. The monoisotopic (exact) mass is 432 g/mol. The zero-order chi connectivity index (χ0) is 22.0. The fraction of sp³-hybridized carbons (Fsp3) is 0.733. The molecule has 1 aromatic rings. The highest BCUT2D eigenvalue weighted by Gasteiger charge is 2.54. The molecular formula is C30H44N2. The third-order valence-corrected chi connectivity index (χ3v) is 11.0. The standard InChI is InChI=1S/C30H44N2/c1-30-15-13-26-25-10-8-24(31(2)3)18-21(25)7-9-27(26)29(30)12-11-28(30)22-6-5-20-14-16-32(4)19-23(20)17-22/h5-6,11,17,21,24-27,29H,7-10,12-16,18-19H2,1-4H3. The summed E-state index contributed by atoms with van der Waals surface area (Å²) in [7, 11) is 6.87. The van der Waals surface area contributed by atoms with E-state index in [0.29, 0.717) is 5.41 Å². The molecule has 6 rings (SSSR count). The van der Waals surface area contributed by atoms with Gasteiger partial charge >= 0.3 is 0 Å². The van der Waals surface area contributed by atoms with Crippen molar-refractivity contribution in [3.05, 3.63) is 41.0 Å². The van der Waals surface area contributed by atoms with Crippen LogP contribution >= 0.6 is 0 Å². The lowest BCUT2D eigenvalue weighted by Gasteiger charge is -2.56. The Bertz CT molecular complexity index is 900. The average molecular weight is 433 g/mol. The van der Waals surface area contributed by atoms with E-state index in [2.05, 4.69) is 62.1 Å². The van der Waals surface area contributed by atoms with Gasteiger partial charge in [0.25, 0.3) is 0 Å². The van der Waals surface area contributed by atoms with Crippen molar-refractivity contribution >= 4 is 5.57 Å². The fourth-order valence-corrected chi connectivity index (χ4v) is 9.18. The smallest absolute Gasteiger partial charge is 0.0233 e.